The van der Waals surface area contributed by atoms with Gasteiger partial charge in [0.05, 0.1) is 22.3 Å². The first-order valence-corrected chi connectivity index (χ1v) is 13.6. The molecule has 0 radical (unpaired) electrons. The summed E-state index contributed by atoms with van der Waals surface area (Å²) >= 11 is 0. The van der Waals surface area contributed by atoms with Crippen LogP contribution < -0.4 is 11.2 Å². The molecule has 0 heterocycles. The second-order valence-electron chi connectivity index (χ2n) is 11.2. The zero-order valence-corrected chi connectivity index (χ0v) is 25.0. The minimum atomic E-state index is -5.11. The van der Waals surface area contributed by atoms with Gasteiger partial charge >= 0.3 is 18.5 Å². The van der Waals surface area contributed by atoms with Crippen LogP contribution in [0.2, 0.25) is 0 Å². The molecule has 14 heteroatoms. The lowest BCUT2D eigenvalue weighted by Crippen LogP contribution is -2.38. The van der Waals surface area contributed by atoms with Crippen LogP contribution in [0.5, 0.6) is 0 Å². The van der Waals surface area contributed by atoms with Crippen molar-refractivity contribution in [2.24, 2.45) is 16.8 Å². The summed E-state index contributed by atoms with van der Waals surface area (Å²) in [4.78, 5) is 1.06. The molecule has 0 aromatic heterocycles. The quantitative estimate of drug-likeness (QED) is 0.100. The summed E-state index contributed by atoms with van der Waals surface area (Å²) in [5.74, 6) is -0.637. The molecular weight excluding hydrogens is 615 g/mol. The van der Waals surface area contributed by atoms with Crippen LogP contribution in [0.3, 0.4) is 0 Å². The third-order valence-corrected chi connectivity index (χ3v) is 7.60. The highest BCUT2D eigenvalue weighted by Crippen LogP contribution is 2.39. The molecule has 0 amide bonds. The number of alkyl halides is 9. The smallest absolute Gasteiger partial charge is 0.385 e. The van der Waals surface area contributed by atoms with E-state index in [9.17, 15) is 44.6 Å². The standard InChI is InChI=1S/C31H33F9N4O/c1-17(2)28(4,45)21-7-6-18(3)26(14-21)25-9-8-22(29(32,33)34)12-20(25)16-44(27(41)43-42-5)15-19-10-23(30(35,36)37)13-24(11-19)31(38,39)40/h6-14,17,42,45H,15-16H2,1-5H3,(H2,41,43). The zero-order valence-electron chi connectivity index (χ0n) is 25.0. The highest BCUT2D eigenvalue weighted by molar-refractivity contribution is 5.79. The number of benzene rings is 3. The van der Waals surface area contributed by atoms with Crippen LogP contribution in [0.25, 0.3) is 11.1 Å². The number of halogens is 9. The summed E-state index contributed by atoms with van der Waals surface area (Å²) in [5.41, 5.74) is 4.38. The fourth-order valence-electron chi connectivity index (χ4n) is 4.66. The molecule has 3 aromatic rings. The minimum Gasteiger partial charge on any atom is -0.385 e. The molecule has 0 aliphatic rings. The van der Waals surface area contributed by atoms with Crippen LogP contribution in [0.4, 0.5) is 39.5 Å². The summed E-state index contributed by atoms with van der Waals surface area (Å²) in [6, 6.07) is 8.97. The van der Waals surface area contributed by atoms with Crippen LogP contribution >= 0.6 is 0 Å². The Morgan fingerprint density at radius 3 is 1.80 bits per heavy atom. The number of hydrazone groups is 1. The van der Waals surface area contributed by atoms with Crippen molar-refractivity contribution in [3.8, 4) is 11.1 Å². The summed E-state index contributed by atoms with van der Waals surface area (Å²) in [5, 5.41) is 14.9. The largest absolute Gasteiger partial charge is 0.416 e. The maximum Gasteiger partial charge on any atom is 0.416 e. The molecule has 3 rings (SSSR count). The number of nitrogens with two attached hydrogens (primary N) is 1. The van der Waals surface area contributed by atoms with E-state index in [0.717, 1.165) is 17.0 Å². The SMILES string of the molecule is CN/N=C(\N)N(Cc1cc(C(F)(F)F)cc(C(F)(F)F)c1)Cc1cc(C(F)(F)F)ccc1-c1cc(C(C)(O)C(C)C)ccc1C. The fourth-order valence-corrected chi connectivity index (χ4v) is 4.66. The molecule has 0 saturated carbocycles. The number of hydrogen-bond acceptors (Lipinski definition) is 3. The second-order valence-corrected chi connectivity index (χ2v) is 11.2. The Hall–Kier alpha value is -3.94. The van der Waals surface area contributed by atoms with Gasteiger partial charge in [-0.3, -0.25) is 0 Å². The van der Waals surface area contributed by atoms with Crippen molar-refractivity contribution in [1.29, 1.82) is 0 Å². The Bertz CT molecular complexity index is 1510. The predicted molar refractivity (Wildman–Crippen MR) is 152 cm³/mol. The van der Waals surface area contributed by atoms with Gasteiger partial charge in [0.1, 0.15) is 0 Å². The van der Waals surface area contributed by atoms with Crippen molar-refractivity contribution in [2.45, 2.75) is 64.9 Å². The van der Waals surface area contributed by atoms with E-state index in [1.165, 1.54) is 13.1 Å². The number of nitrogens with zero attached hydrogens (tertiary/aromatic N) is 2. The summed E-state index contributed by atoms with van der Waals surface area (Å²) < 4.78 is 123. The lowest BCUT2D eigenvalue weighted by Gasteiger charge is -2.30. The zero-order chi connectivity index (χ0) is 34.1. The molecule has 0 fully saturated rings. The molecule has 1 unspecified atom stereocenters. The van der Waals surface area contributed by atoms with Crippen molar-refractivity contribution in [2.75, 3.05) is 7.05 Å². The van der Waals surface area contributed by atoms with Crippen LogP contribution in [0.1, 0.15) is 59.7 Å². The highest BCUT2D eigenvalue weighted by Gasteiger charge is 2.37. The highest BCUT2D eigenvalue weighted by atomic mass is 19.4. The Labute approximate surface area is 254 Å². The van der Waals surface area contributed by atoms with Gasteiger partial charge in [0.2, 0.25) is 5.96 Å². The Balaban J connectivity index is 2.24. The summed E-state index contributed by atoms with van der Waals surface area (Å²) in [6.45, 7) is 5.74. The van der Waals surface area contributed by atoms with Gasteiger partial charge in [0, 0.05) is 20.1 Å². The van der Waals surface area contributed by atoms with Crippen molar-refractivity contribution in [1.82, 2.24) is 10.3 Å². The summed E-state index contributed by atoms with van der Waals surface area (Å²) in [6.07, 6.45) is -15.0. The molecule has 246 valence electrons. The van der Waals surface area contributed by atoms with Crippen LogP contribution in [0.15, 0.2) is 59.7 Å². The molecular formula is C31H33F9N4O. The van der Waals surface area contributed by atoms with Gasteiger partial charge < -0.3 is 21.2 Å². The molecule has 0 saturated heterocycles. The predicted octanol–water partition coefficient (Wildman–Crippen LogP) is 8.03. The van der Waals surface area contributed by atoms with E-state index in [-0.39, 0.29) is 23.1 Å². The number of hydrogen-bond donors (Lipinski definition) is 3. The van der Waals surface area contributed by atoms with Crippen molar-refractivity contribution in [3.05, 3.63) is 93.5 Å². The van der Waals surface area contributed by atoms with Gasteiger partial charge in [-0.05, 0) is 89.5 Å². The molecule has 5 nitrogen and oxygen atoms in total. The number of nitrogens with one attached hydrogen (secondary N) is 1. The van der Waals surface area contributed by atoms with Gasteiger partial charge in [0.25, 0.3) is 0 Å². The average Bonchev–Trinajstić information content (AvgIpc) is 2.91. The maximum absolute atomic E-state index is 13.8. The third kappa shape index (κ3) is 8.41. The van der Waals surface area contributed by atoms with E-state index in [0.29, 0.717) is 28.8 Å². The number of aryl methyl sites for hydroxylation is 1. The Morgan fingerprint density at radius 2 is 1.31 bits per heavy atom. The number of rotatable bonds is 8. The van der Waals surface area contributed by atoms with Crippen LogP contribution in [-0.4, -0.2) is 23.0 Å². The molecule has 0 bridgehead atoms. The average molecular weight is 649 g/mol. The molecule has 4 N–H and O–H groups in total. The monoisotopic (exact) mass is 648 g/mol. The molecule has 0 aliphatic heterocycles. The first kappa shape index (κ1) is 35.5. The molecule has 1 atom stereocenters. The maximum atomic E-state index is 13.8. The van der Waals surface area contributed by atoms with E-state index in [1.807, 2.05) is 0 Å². The van der Waals surface area contributed by atoms with E-state index >= 15 is 0 Å². The number of guanidine groups is 1. The second kappa shape index (κ2) is 12.8. The lowest BCUT2D eigenvalue weighted by molar-refractivity contribution is -0.143. The summed E-state index contributed by atoms with van der Waals surface area (Å²) in [7, 11) is 1.34. The van der Waals surface area contributed by atoms with Gasteiger partial charge in [0.15, 0.2) is 0 Å². The molecule has 3 aromatic carbocycles. The molecule has 0 aliphatic carbocycles. The van der Waals surface area contributed by atoms with Crippen LogP contribution in [-0.2, 0) is 37.2 Å². The first-order chi connectivity index (χ1) is 20.5. The number of aliphatic hydroxyl groups is 1. The van der Waals surface area contributed by atoms with Crippen molar-refractivity contribution >= 4 is 5.96 Å². The normalized spacial score (nSPS) is 14.4. The Kier molecular flexibility index (Phi) is 10.1. The fraction of sp³-hybridized carbons (Fsp3) is 0.387. The Morgan fingerprint density at radius 1 is 0.778 bits per heavy atom. The van der Waals surface area contributed by atoms with Gasteiger partial charge in [-0.25, -0.2) is 0 Å². The van der Waals surface area contributed by atoms with Crippen molar-refractivity contribution < 1.29 is 44.6 Å². The van der Waals surface area contributed by atoms with Gasteiger partial charge in [-0.2, -0.15) is 39.5 Å². The van der Waals surface area contributed by atoms with E-state index in [4.69, 9.17) is 5.73 Å². The topological polar surface area (TPSA) is 73.9 Å². The molecule has 45 heavy (non-hydrogen) atoms. The lowest BCUT2D eigenvalue weighted by atomic mass is 9.82. The first-order valence-electron chi connectivity index (χ1n) is 13.6. The van der Waals surface area contributed by atoms with Gasteiger partial charge in [-0.1, -0.05) is 32.0 Å². The van der Waals surface area contributed by atoms with E-state index in [2.05, 4.69) is 10.5 Å². The van der Waals surface area contributed by atoms with Gasteiger partial charge in [-0.15, -0.1) is 5.10 Å². The van der Waals surface area contributed by atoms with Crippen LogP contribution in [0, 0.1) is 12.8 Å². The molecule has 0 spiro atoms. The van der Waals surface area contributed by atoms with Crippen molar-refractivity contribution in [3.63, 3.8) is 0 Å². The van der Waals surface area contributed by atoms with E-state index < -0.39 is 65.4 Å². The van der Waals surface area contributed by atoms with E-state index in [1.54, 1.807) is 45.9 Å². The minimum absolute atomic E-state index is 0.00605. The third-order valence-electron chi connectivity index (χ3n) is 7.60.